The van der Waals surface area contributed by atoms with Crippen LogP contribution in [-0.4, -0.2) is 35.8 Å². The number of carbonyl (C=O) groups is 2. The maximum Gasteiger partial charge on any atom is 0.254 e. The summed E-state index contributed by atoms with van der Waals surface area (Å²) < 4.78 is 0.930. The topological polar surface area (TPSA) is 40.6 Å². The van der Waals surface area contributed by atoms with Crippen LogP contribution in [0.5, 0.6) is 0 Å². The SMILES string of the molecule is Cc1ccccc1C(=O)N1CCN(c2cccc(Br)c2)C(=O)[C@H]1C. The molecule has 0 spiro atoms. The predicted octanol–water partition coefficient (Wildman–Crippen LogP) is 3.64. The zero-order valence-electron chi connectivity index (χ0n) is 13.7. The lowest BCUT2D eigenvalue weighted by Crippen LogP contribution is -2.57. The van der Waals surface area contributed by atoms with E-state index in [1.807, 2.05) is 55.5 Å². The van der Waals surface area contributed by atoms with E-state index in [1.165, 1.54) is 0 Å². The fourth-order valence-electron chi connectivity index (χ4n) is 3.02. The van der Waals surface area contributed by atoms with Crippen molar-refractivity contribution in [2.75, 3.05) is 18.0 Å². The van der Waals surface area contributed by atoms with Crippen LogP contribution in [0.2, 0.25) is 0 Å². The van der Waals surface area contributed by atoms with Crippen LogP contribution in [0.15, 0.2) is 53.0 Å². The van der Waals surface area contributed by atoms with E-state index < -0.39 is 6.04 Å². The number of halogens is 1. The van der Waals surface area contributed by atoms with Crippen LogP contribution in [0.1, 0.15) is 22.8 Å². The van der Waals surface area contributed by atoms with E-state index in [4.69, 9.17) is 0 Å². The molecule has 3 rings (SSSR count). The van der Waals surface area contributed by atoms with Crippen molar-refractivity contribution in [1.29, 1.82) is 0 Å². The summed E-state index contributed by atoms with van der Waals surface area (Å²) >= 11 is 3.43. The third-order valence-electron chi connectivity index (χ3n) is 4.41. The van der Waals surface area contributed by atoms with Crippen LogP contribution in [0, 0.1) is 6.92 Å². The van der Waals surface area contributed by atoms with E-state index in [2.05, 4.69) is 15.9 Å². The second-order valence-electron chi connectivity index (χ2n) is 5.96. The molecule has 24 heavy (non-hydrogen) atoms. The second-order valence-corrected chi connectivity index (χ2v) is 6.87. The van der Waals surface area contributed by atoms with E-state index in [1.54, 1.807) is 16.7 Å². The summed E-state index contributed by atoms with van der Waals surface area (Å²) in [5.41, 5.74) is 2.44. The highest BCUT2D eigenvalue weighted by molar-refractivity contribution is 9.10. The summed E-state index contributed by atoms with van der Waals surface area (Å²) in [7, 11) is 0. The monoisotopic (exact) mass is 386 g/mol. The highest BCUT2D eigenvalue weighted by atomic mass is 79.9. The molecular formula is C19H19BrN2O2. The van der Waals surface area contributed by atoms with E-state index in [0.717, 1.165) is 15.7 Å². The van der Waals surface area contributed by atoms with Crippen LogP contribution in [0.25, 0.3) is 0 Å². The van der Waals surface area contributed by atoms with Crippen molar-refractivity contribution in [3.63, 3.8) is 0 Å². The molecule has 2 aromatic rings. The third kappa shape index (κ3) is 3.08. The largest absolute Gasteiger partial charge is 0.325 e. The average molecular weight is 387 g/mol. The number of hydrogen-bond acceptors (Lipinski definition) is 2. The molecule has 0 unspecified atom stereocenters. The Labute approximate surface area is 150 Å². The minimum absolute atomic E-state index is 0.0544. The number of nitrogens with zero attached hydrogens (tertiary/aromatic N) is 2. The van der Waals surface area contributed by atoms with Crippen LogP contribution < -0.4 is 4.90 Å². The van der Waals surface area contributed by atoms with E-state index >= 15 is 0 Å². The van der Waals surface area contributed by atoms with Crippen molar-refractivity contribution in [3.05, 3.63) is 64.1 Å². The summed E-state index contributed by atoms with van der Waals surface area (Å²) in [6.07, 6.45) is 0. The number of benzene rings is 2. The zero-order valence-corrected chi connectivity index (χ0v) is 15.3. The minimum atomic E-state index is -0.482. The minimum Gasteiger partial charge on any atom is -0.325 e. The van der Waals surface area contributed by atoms with Crippen molar-refractivity contribution < 1.29 is 9.59 Å². The lowest BCUT2D eigenvalue weighted by molar-refractivity contribution is -0.124. The number of hydrogen-bond donors (Lipinski definition) is 0. The van der Waals surface area contributed by atoms with Crippen molar-refractivity contribution in [2.24, 2.45) is 0 Å². The molecule has 5 heteroatoms. The summed E-state index contributed by atoms with van der Waals surface area (Å²) in [6, 6.07) is 14.7. The molecule has 0 aliphatic carbocycles. The maximum absolute atomic E-state index is 12.8. The molecule has 0 radical (unpaired) electrons. The first kappa shape index (κ1) is 16.7. The number of carbonyl (C=O) groups excluding carboxylic acids is 2. The summed E-state index contributed by atoms with van der Waals surface area (Å²) in [5, 5.41) is 0. The van der Waals surface area contributed by atoms with E-state index in [9.17, 15) is 9.59 Å². The molecule has 1 atom stereocenters. The molecule has 0 saturated carbocycles. The highest BCUT2D eigenvalue weighted by Crippen LogP contribution is 2.25. The molecule has 1 fully saturated rings. The van der Waals surface area contributed by atoms with Gasteiger partial charge in [-0.05, 0) is 43.7 Å². The quantitative estimate of drug-likeness (QED) is 0.790. The number of aryl methyl sites for hydroxylation is 1. The van der Waals surface area contributed by atoms with Gasteiger partial charge in [-0.2, -0.15) is 0 Å². The Morgan fingerprint density at radius 2 is 1.88 bits per heavy atom. The van der Waals surface area contributed by atoms with Gasteiger partial charge in [0.1, 0.15) is 6.04 Å². The lowest BCUT2D eigenvalue weighted by atomic mass is 10.0. The van der Waals surface area contributed by atoms with Crippen LogP contribution >= 0.6 is 15.9 Å². The van der Waals surface area contributed by atoms with Crippen molar-refractivity contribution in [1.82, 2.24) is 4.90 Å². The predicted molar refractivity (Wildman–Crippen MR) is 98.2 cm³/mol. The lowest BCUT2D eigenvalue weighted by Gasteiger charge is -2.39. The van der Waals surface area contributed by atoms with Gasteiger partial charge in [-0.25, -0.2) is 0 Å². The van der Waals surface area contributed by atoms with Gasteiger partial charge in [-0.1, -0.05) is 40.2 Å². The number of rotatable bonds is 2. The van der Waals surface area contributed by atoms with Gasteiger partial charge in [0.2, 0.25) is 5.91 Å². The Morgan fingerprint density at radius 3 is 2.58 bits per heavy atom. The fourth-order valence-corrected chi connectivity index (χ4v) is 3.40. The van der Waals surface area contributed by atoms with E-state index in [-0.39, 0.29) is 11.8 Å². The van der Waals surface area contributed by atoms with Gasteiger partial charge >= 0.3 is 0 Å². The normalized spacial score (nSPS) is 18.0. The van der Waals surface area contributed by atoms with Gasteiger partial charge in [0.25, 0.3) is 5.91 Å². The standard InChI is InChI=1S/C19H19BrN2O2/c1-13-6-3-4-9-17(13)19(24)21-10-11-22(18(23)14(21)2)16-8-5-7-15(20)12-16/h3-9,12,14H,10-11H2,1-2H3/t14-/m1/s1. The first-order chi connectivity index (χ1) is 11.5. The average Bonchev–Trinajstić information content (AvgIpc) is 2.57. The summed E-state index contributed by atoms with van der Waals surface area (Å²) in [4.78, 5) is 29.0. The van der Waals surface area contributed by atoms with Gasteiger partial charge in [0.05, 0.1) is 0 Å². The van der Waals surface area contributed by atoms with Gasteiger partial charge in [0, 0.05) is 28.8 Å². The van der Waals surface area contributed by atoms with Gasteiger partial charge in [-0.3, -0.25) is 9.59 Å². The molecule has 0 bridgehead atoms. The van der Waals surface area contributed by atoms with Gasteiger partial charge < -0.3 is 9.80 Å². The molecule has 124 valence electrons. The molecule has 1 saturated heterocycles. The molecule has 1 aliphatic heterocycles. The molecule has 0 aromatic heterocycles. The van der Waals surface area contributed by atoms with Gasteiger partial charge in [-0.15, -0.1) is 0 Å². The maximum atomic E-state index is 12.8. The molecule has 2 amide bonds. The Hall–Kier alpha value is -2.14. The number of amides is 2. The number of piperazine rings is 1. The molecule has 1 heterocycles. The smallest absolute Gasteiger partial charge is 0.254 e. The first-order valence-corrected chi connectivity index (χ1v) is 8.72. The zero-order chi connectivity index (χ0) is 17.3. The second kappa shape index (κ2) is 6.77. The number of anilines is 1. The Kier molecular flexibility index (Phi) is 4.71. The summed E-state index contributed by atoms with van der Waals surface area (Å²) in [5.74, 6) is -0.135. The molecule has 1 aliphatic rings. The van der Waals surface area contributed by atoms with Gasteiger partial charge in [0.15, 0.2) is 0 Å². The van der Waals surface area contributed by atoms with Crippen LogP contribution in [0.3, 0.4) is 0 Å². The molecule has 4 nitrogen and oxygen atoms in total. The summed E-state index contributed by atoms with van der Waals surface area (Å²) in [6.45, 7) is 4.73. The van der Waals surface area contributed by atoms with Crippen molar-refractivity contribution >= 4 is 33.4 Å². The Morgan fingerprint density at radius 1 is 1.12 bits per heavy atom. The Bertz CT molecular complexity index is 790. The third-order valence-corrected chi connectivity index (χ3v) is 4.90. The first-order valence-electron chi connectivity index (χ1n) is 7.92. The van der Waals surface area contributed by atoms with Crippen LogP contribution in [0.4, 0.5) is 5.69 Å². The molecule has 2 aromatic carbocycles. The molecular weight excluding hydrogens is 368 g/mol. The highest BCUT2D eigenvalue weighted by Gasteiger charge is 2.35. The van der Waals surface area contributed by atoms with Crippen molar-refractivity contribution in [3.8, 4) is 0 Å². The molecule has 0 N–H and O–H groups in total. The van der Waals surface area contributed by atoms with Crippen LogP contribution in [-0.2, 0) is 4.79 Å². The fraction of sp³-hybridized carbons (Fsp3) is 0.263. The van der Waals surface area contributed by atoms with Crippen molar-refractivity contribution in [2.45, 2.75) is 19.9 Å². The Balaban J connectivity index is 1.83. The van der Waals surface area contributed by atoms with E-state index in [0.29, 0.717) is 18.7 Å².